The van der Waals surface area contributed by atoms with Gasteiger partial charge in [-0.05, 0) is 19.1 Å². The molecule has 0 saturated carbocycles. The van der Waals surface area contributed by atoms with E-state index in [0.29, 0.717) is 6.61 Å². The van der Waals surface area contributed by atoms with Crippen LogP contribution >= 0.6 is 0 Å². The lowest BCUT2D eigenvalue weighted by molar-refractivity contribution is 0.0919. The van der Waals surface area contributed by atoms with E-state index in [-0.39, 0.29) is 6.10 Å². The normalized spacial score (nSPS) is 12.6. The molecule has 1 aromatic carbocycles. The second-order valence-corrected chi connectivity index (χ2v) is 3.75. The Balaban J connectivity index is 2.19. The zero-order valence-corrected chi connectivity index (χ0v) is 9.51. The summed E-state index contributed by atoms with van der Waals surface area (Å²) in [5, 5.41) is 1.09. The van der Waals surface area contributed by atoms with E-state index in [2.05, 4.69) is 4.98 Å². The van der Waals surface area contributed by atoms with E-state index in [1.165, 1.54) is 0 Å². The minimum absolute atomic E-state index is 0.0352. The number of ether oxygens (including phenoxy) is 2. The third kappa shape index (κ3) is 2.49. The van der Waals surface area contributed by atoms with Crippen LogP contribution in [-0.4, -0.2) is 24.8 Å². The lowest BCUT2D eigenvalue weighted by Crippen LogP contribution is -2.17. The monoisotopic (exact) mass is 217 g/mol. The second-order valence-electron chi connectivity index (χ2n) is 3.75. The van der Waals surface area contributed by atoms with Crippen molar-refractivity contribution in [2.75, 3.05) is 13.7 Å². The van der Waals surface area contributed by atoms with E-state index in [4.69, 9.17) is 9.47 Å². The first kappa shape index (κ1) is 10.9. The minimum Gasteiger partial charge on any atom is -0.487 e. The van der Waals surface area contributed by atoms with Crippen molar-refractivity contribution in [3.05, 3.63) is 36.5 Å². The number of rotatable bonds is 4. The maximum atomic E-state index is 5.68. The average Bonchev–Trinajstić information content (AvgIpc) is 2.29. The molecule has 0 saturated heterocycles. The highest BCUT2D eigenvalue weighted by atomic mass is 16.5. The van der Waals surface area contributed by atoms with Crippen LogP contribution in [0.15, 0.2) is 36.5 Å². The molecule has 0 amide bonds. The van der Waals surface area contributed by atoms with E-state index in [1.807, 2.05) is 37.3 Å². The van der Waals surface area contributed by atoms with Crippen molar-refractivity contribution in [3.63, 3.8) is 0 Å². The molecule has 16 heavy (non-hydrogen) atoms. The molecule has 0 aliphatic carbocycles. The number of para-hydroxylation sites is 1. The zero-order valence-electron chi connectivity index (χ0n) is 9.51. The number of hydrogen-bond acceptors (Lipinski definition) is 3. The molecule has 0 fully saturated rings. The fourth-order valence-electron chi connectivity index (χ4n) is 1.62. The number of methoxy groups -OCH3 is 1. The van der Waals surface area contributed by atoms with Crippen molar-refractivity contribution >= 4 is 10.9 Å². The standard InChI is InChI=1S/C13H15NO2/c1-10(9-15-2)16-12-7-11-5-3-4-6-13(11)14-8-12/h3-8,10H,9H2,1-2H3. The van der Waals surface area contributed by atoms with Crippen LogP contribution in [-0.2, 0) is 4.74 Å². The summed E-state index contributed by atoms with van der Waals surface area (Å²) >= 11 is 0. The summed E-state index contributed by atoms with van der Waals surface area (Å²) in [5.74, 6) is 0.781. The van der Waals surface area contributed by atoms with Crippen molar-refractivity contribution in [2.45, 2.75) is 13.0 Å². The van der Waals surface area contributed by atoms with Gasteiger partial charge in [0.2, 0.25) is 0 Å². The van der Waals surface area contributed by atoms with E-state index < -0.39 is 0 Å². The summed E-state index contributed by atoms with van der Waals surface area (Å²) in [7, 11) is 1.67. The lowest BCUT2D eigenvalue weighted by Gasteiger charge is -2.13. The van der Waals surface area contributed by atoms with Gasteiger partial charge in [0.05, 0.1) is 18.3 Å². The maximum Gasteiger partial charge on any atom is 0.138 e. The Bertz CT molecular complexity index is 470. The van der Waals surface area contributed by atoms with Crippen molar-refractivity contribution < 1.29 is 9.47 Å². The summed E-state index contributed by atoms with van der Waals surface area (Å²) in [6, 6.07) is 9.97. The predicted octanol–water partition coefficient (Wildman–Crippen LogP) is 2.65. The summed E-state index contributed by atoms with van der Waals surface area (Å²) in [6.07, 6.45) is 1.78. The Kier molecular flexibility index (Phi) is 3.37. The van der Waals surface area contributed by atoms with Crippen LogP contribution in [0.4, 0.5) is 0 Å². The van der Waals surface area contributed by atoms with Gasteiger partial charge >= 0.3 is 0 Å². The van der Waals surface area contributed by atoms with Gasteiger partial charge in [-0.3, -0.25) is 4.98 Å². The van der Waals surface area contributed by atoms with Crippen LogP contribution in [0.1, 0.15) is 6.92 Å². The first-order valence-corrected chi connectivity index (χ1v) is 5.30. The second kappa shape index (κ2) is 4.94. The molecule has 84 valence electrons. The van der Waals surface area contributed by atoms with Gasteiger partial charge in [0, 0.05) is 12.5 Å². The third-order valence-electron chi connectivity index (χ3n) is 2.30. The first-order chi connectivity index (χ1) is 7.79. The summed E-state index contributed by atoms with van der Waals surface area (Å²) in [6.45, 7) is 2.55. The summed E-state index contributed by atoms with van der Waals surface area (Å²) in [4.78, 5) is 4.33. The smallest absolute Gasteiger partial charge is 0.138 e. The quantitative estimate of drug-likeness (QED) is 0.789. The number of hydrogen-bond donors (Lipinski definition) is 0. The van der Waals surface area contributed by atoms with Crippen LogP contribution in [0, 0.1) is 0 Å². The Hall–Kier alpha value is -1.61. The summed E-state index contributed by atoms with van der Waals surface area (Å²) < 4.78 is 10.7. The van der Waals surface area contributed by atoms with Gasteiger partial charge in [0.1, 0.15) is 11.9 Å². The molecule has 1 heterocycles. The van der Waals surface area contributed by atoms with Gasteiger partial charge in [-0.15, -0.1) is 0 Å². The molecular formula is C13H15NO2. The molecule has 3 nitrogen and oxygen atoms in total. The Morgan fingerprint density at radius 2 is 2.12 bits per heavy atom. The van der Waals surface area contributed by atoms with Crippen LogP contribution < -0.4 is 4.74 Å². The fourth-order valence-corrected chi connectivity index (χ4v) is 1.62. The number of nitrogens with zero attached hydrogens (tertiary/aromatic N) is 1. The highest BCUT2D eigenvalue weighted by Crippen LogP contribution is 2.18. The molecular weight excluding hydrogens is 202 g/mol. The molecule has 1 aromatic heterocycles. The van der Waals surface area contributed by atoms with Crippen molar-refractivity contribution in [2.24, 2.45) is 0 Å². The van der Waals surface area contributed by atoms with E-state index in [9.17, 15) is 0 Å². The SMILES string of the molecule is COCC(C)Oc1cnc2ccccc2c1. The fraction of sp³-hybridized carbons (Fsp3) is 0.308. The lowest BCUT2D eigenvalue weighted by atomic mass is 10.2. The molecule has 0 aliphatic rings. The van der Waals surface area contributed by atoms with Crippen LogP contribution in [0.3, 0.4) is 0 Å². The molecule has 2 rings (SSSR count). The molecule has 1 unspecified atom stereocenters. The molecule has 1 atom stereocenters. The summed E-state index contributed by atoms with van der Waals surface area (Å²) in [5.41, 5.74) is 0.981. The molecule has 2 aromatic rings. The van der Waals surface area contributed by atoms with E-state index >= 15 is 0 Å². The van der Waals surface area contributed by atoms with Crippen LogP contribution in [0.25, 0.3) is 10.9 Å². The largest absolute Gasteiger partial charge is 0.487 e. The molecule has 3 heteroatoms. The highest BCUT2D eigenvalue weighted by molar-refractivity contribution is 5.79. The van der Waals surface area contributed by atoms with Crippen molar-refractivity contribution in [3.8, 4) is 5.75 Å². The Labute approximate surface area is 95.0 Å². The zero-order chi connectivity index (χ0) is 11.4. The highest BCUT2D eigenvalue weighted by Gasteiger charge is 2.04. The molecule has 0 spiro atoms. The molecule has 0 radical (unpaired) electrons. The molecule has 0 aliphatic heterocycles. The first-order valence-electron chi connectivity index (χ1n) is 5.30. The van der Waals surface area contributed by atoms with E-state index in [1.54, 1.807) is 13.3 Å². The van der Waals surface area contributed by atoms with Gasteiger partial charge in [-0.1, -0.05) is 18.2 Å². The van der Waals surface area contributed by atoms with Gasteiger partial charge < -0.3 is 9.47 Å². The number of pyridine rings is 1. The average molecular weight is 217 g/mol. The Morgan fingerprint density at radius 3 is 2.94 bits per heavy atom. The van der Waals surface area contributed by atoms with Crippen molar-refractivity contribution in [1.82, 2.24) is 4.98 Å². The molecule has 0 N–H and O–H groups in total. The van der Waals surface area contributed by atoms with Gasteiger partial charge in [0.25, 0.3) is 0 Å². The van der Waals surface area contributed by atoms with Crippen LogP contribution in [0.2, 0.25) is 0 Å². The Morgan fingerprint density at radius 1 is 1.31 bits per heavy atom. The number of aromatic nitrogens is 1. The maximum absolute atomic E-state index is 5.68. The van der Waals surface area contributed by atoms with Crippen molar-refractivity contribution in [1.29, 1.82) is 0 Å². The van der Waals surface area contributed by atoms with Gasteiger partial charge in [-0.25, -0.2) is 0 Å². The topological polar surface area (TPSA) is 31.4 Å². The number of benzene rings is 1. The molecule has 0 bridgehead atoms. The number of fused-ring (bicyclic) bond motifs is 1. The van der Waals surface area contributed by atoms with Gasteiger partial charge in [0.15, 0.2) is 0 Å². The predicted molar refractivity (Wildman–Crippen MR) is 63.7 cm³/mol. The van der Waals surface area contributed by atoms with Gasteiger partial charge in [-0.2, -0.15) is 0 Å². The van der Waals surface area contributed by atoms with E-state index in [0.717, 1.165) is 16.7 Å². The minimum atomic E-state index is 0.0352. The van der Waals surface area contributed by atoms with Crippen LogP contribution in [0.5, 0.6) is 5.75 Å². The third-order valence-corrected chi connectivity index (χ3v) is 2.30.